The second-order valence-corrected chi connectivity index (χ2v) is 7.24. The maximum atomic E-state index is 11.5. The van der Waals surface area contributed by atoms with E-state index < -0.39 is 9.84 Å². The zero-order valence-corrected chi connectivity index (χ0v) is 10.6. The summed E-state index contributed by atoms with van der Waals surface area (Å²) in [5.41, 5.74) is 0. The van der Waals surface area contributed by atoms with Crippen LogP contribution < -0.4 is 10.6 Å². The number of nitrogens with one attached hydrogen (secondary N) is 2. The molecule has 5 heteroatoms. The van der Waals surface area contributed by atoms with Gasteiger partial charge in [-0.25, -0.2) is 8.42 Å². The molecule has 0 bridgehead atoms. The fourth-order valence-electron chi connectivity index (χ4n) is 2.59. The Balaban J connectivity index is 1.72. The predicted octanol–water partition coefficient (Wildman–Crippen LogP) is 0.295. The lowest BCUT2D eigenvalue weighted by Crippen LogP contribution is -2.48. The molecule has 94 valence electrons. The van der Waals surface area contributed by atoms with Gasteiger partial charge in [0.25, 0.3) is 0 Å². The van der Waals surface area contributed by atoms with Gasteiger partial charge < -0.3 is 10.6 Å². The molecule has 0 aliphatic carbocycles. The molecule has 0 aromatic rings. The molecule has 0 saturated carbocycles. The fourth-order valence-corrected chi connectivity index (χ4v) is 4.26. The molecule has 2 unspecified atom stereocenters. The first-order chi connectivity index (χ1) is 7.66. The second-order valence-electron chi connectivity index (χ2n) is 5.01. The van der Waals surface area contributed by atoms with Gasteiger partial charge in [0.2, 0.25) is 0 Å². The van der Waals surface area contributed by atoms with E-state index in [1.54, 1.807) is 0 Å². The lowest BCUT2D eigenvalue weighted by atomic mass is 10.0. The molecule has 2 rings (SSSR count). The Bertz CT molecular complexity index is 310. The van der Waals surface area contributed by atoms with Gasteiger partial charge in [-0.1, -0.05) is 6.42 Å². The highest BCUT2D eigenvalue weighted by molar-refractivity contribution is 7.91. The monoisotopic (exact) mass is 246 g/mol. The van der Waals surface area contributed by atoms with Gasteiger partial charge in [-0.05, 0) is 32.2 Å². The molecule has 2 saturated heterocycles. The molecule has 4 nitrogen and oxygen atoms in total. The van der Waals surface area contributed by atoms with Crippen molar-refractivity contribution in [3.05, 3.63) is 0 Å². The van der Waals surface area contributed by atoms with Gasteiger partial charge in [0.15, 0.2) is 9.84 Å². The van der Waals surface area contributed by atoms with E-state index in [-0.39, 0.29) is 6.04 Å². The third-order valence-corrected chi connectivity index (χ3v) is 5.35. The van der Waals surface area contributed by atoms with Crippen LogP contribution in [0.5, 0.6) is 0 Å². The SMILES string of the molecule is O=S1(=O)CCCC(NCC2CCCCN2)C1. The van der Waals surface area contributed by atoms with Crippen molar-refractivity contribution >= 4 is 9.84 Å². The van der Waals surface area contributed by atoms with Crippen molar-refractivity contribution in [2.24, 2.45) is 0 Å². The first-order valence-corrected chi connectivity index (χ1v) is 8.15. The molecule has 2 heterocycles. The lowest BCUT2D eigenvalue weighted by Gasteiger charge is -2.28. The molecular weight excluding hydrogens is 224 g/mol. The van der Waals surface area contributed by atoms with Crippen molar-refractivity contribution in [1.29, 1.82) is 0 Å². The molecule has 2 aliphatic rings. The van der Waals surface area contributed by atoms with Crippen LogP contribution in [-0.4, -0.2) is 45.1 Å². The van der Waals surface area contributed by atoms with E-state index in [9.17, 15) is 8.42 Å². The highest BCUT2D eigenvalue weighted by Crippen LogP contribution is 2.12. The van der Waals surface area contributed by atoms with Gasteiger partial charge in [0.1, 0.15) is 0 Å². The van der Waals surface area contributed by atoms with Gasteiger partial charge in [0.05, 0.1) is 11.5 Å². The zero-order valence-electron chi connectivity index (χ0n) is 9.74. The van der Waals surface area contributed by atoms with E-state index >= 15 is 0 Å². The van der Waals surface area contributed by atoms with E-state index in [0.29, 0.717) is 17.5 Å². The number of piperidine rings is 1. The summed E-state index contributed by atoms with van der Waals surface area (Å²) in [4.78, 5) is 0. The highest BCUT2D eigenvalue weighted by Gasteiger charge is 2.25. The molecule has 0 spiro atoms. The van der Waals surface area contributed by atoms with Gasteiger partial charge in [-0.15, -0.1) is 0 Å². The molecule has 2 N–H and O–H groups in total. The number of rotatable bonds is 3. The van der Waals surface area contributed by atoms with Crippen LogP contribution in [0.3, 0.4) is 0 Å². The third kappa shape index (κ3) is 3.71. The van der Waals surface area contributed by atoms with Crippen LogP contribution in [0.4, 0.5) is 0 Å². The summed E-state index contributed by atoms with van der Waals surface area (Å²) in [5.74, 6) is 0.715. The largest absolute Gasteiger partial charge is 0.313 e. The van der Waals surface area contributed by atoms with Crippen molar-refractivity contribution in [1.82, 2.24) is 10.6 Å². The average Bonchev–Trinajstić information content (AvgIpc) is 2.27. The van der Waals surface area contributed by atoms with Crippen LogP contribution in [-0.2, 0) is 9.84 Å². The minimum atomic E-state index is -2.77. The lowest BCUT2D eigenvalue weighted by molar-refractivity contribution is 0.362. The van der Waals surface area contributed by atoms with Crippen LogP contribution >= 0.6 is 0 Å². The summed E-state index contributed by atoms with van der Waals surface area (Å²) in [6.07, 6.45) is 5.60. The summed E-state index contributed by atoms with van der Waals surface area (Å²) < 4.78 is 22.9. The van der Waals surface area contributed by atoms with Gasteiger partial charge in [-0.2, -0.15) is 0 Å². The summed E-state index contributed by atoms with van der Waals surface area (Å²) in [6.45, 7) is 2.02. The molecule has 0 aromatic heterocycles. The van der Waals surface area contributed by atoms with Crippen molar-refractivity contribution in [2.75, 3.05) is 24.6 Å². The average molecular weight is 246 g/mol. The van der Waals surface area contributed by atoms with Gasteiger partial charge >= 0.3 is 0 Å². The highest BCUT2D eigenvalue weighted by atomic mass is 32.2. The summed E-state index contributed by atoms with van der Waals surface area (Å²) in [7, 11) is -2.77. The van der Waals surface area contributed by atoms with Crippen molar-refractivity contribution in [3.8, 4) is 0 Å². The quantitative estimate of drug-likeness (QED) is 0.752. The molecule has 0 amide bonds. The fraction of sp³-hybridized carbons (Fsp3) is 1.00. The molecule has 2 aliphatic heterocycles. The van der Waals surface area contributed by atoms with Crippen molar-refractivity contribution < 1.29 is 8.42 Å². The van der Waals surface area contributed by atoms with Gasteiger partial charge in [-0.3, -0.25) is 0 Å². The maximum absolute atomic E-state index is 11.5. The predicted molar refractivity (Wildman–Crippen MR) is 65.3 cm³/mol. The molecule has 2 fully saturated rings. The molecule has 0 aromatic carbocycles. The maximum Gasteiger partial charge on any atom is 0.151 e. The van der Waals surface area contributed by atoms with E-state index in [1.807, 2.05) is 0 Å². The molecule has 16 heavy (non-hydrogen) atoms. The Morgan fingerprint density at radius 3 is 2.75 bits per heavy atom. The van der Waals surface area contributed by atoms with E-state index in [4.69, 9.17) is 0 Å². The van der Waals surface area contributed by atoms with E-state index in [0.717, 1.165) is 25.9 Å². The Hall–Kier alpha value is -0.130. The topological polar surface area (TPSA) is 58.2 Å². The zero-order chi connectivity index (χ0) is 11.4. The van der Waals surface area contributed by atoms with Crippen LogP contribution in [0.2, 0.25) is 0 Å². The van der Waals surface area contributed by atoms with Gasteiger partial charge in [0, 0.05) is 18.6 Å². The van der Waals surface area contributed by atoms with E-state index in [2.05, 4.69) is 10.6 Å². The minimum absolute atomic E-state index is 0.183. The van der Waals surface area contributed by atoms with Crippen LogP contribution in [0.1, 0.15) is 32.1 Å². The van der Waals surface area contributed by atoms with Crippen LogP contribution in [0.25, 0.3) is 0 Å². The van der Waals surface area contributed by atoms with E-state index in [1.165, 1.54) is 19.3 Å². The molecular formula is C11H22N2O2S. The Labute approximate surface area is 98.1 Å². The summed E-state index contributed by atoms with van der Waals surface area (Å²) in [6, 6.07) is 0.723. The Morgan fingerprint density at radius 1 is 1.19 bits per heavy atom. The molecule has 2 atom stereocenters. The second kappa shape index (κ2) is 5.47. The smallest absolute Gasteiger partial charge is 0.151 e. The number of hydrogen-bond acceptors (Lipinski definition) is 4. The standard InChI is InChI=1S/C11H22N2O2S/c14-16(15)7-3-5-11(9-16)13-8-10-4-1-2-6-12-10/h10-13H,1-9H2. The first-order valence-electron chi connectivity index (χ1n) is 6.33. The van der Waals surface area contributed by atoms with Crippen LogP contribution in [0.15, 0.2) is 0 Å². The van der Waals surface area contributed by atoms with Crippen molar-refractivity contribution in [3.63, 3.8) is 0 Å². The first kappa shape index (κ1) is 12.3. The summed E-state index contributed by atoms with van der Waals surface area (Å²) in [5, 5.41) is 6.87. The number of sulfone groups is 1. The third-order valence-electron chi connectivity index (χ3n) is 3.53. The summed E-state index contributed by atoms with van der Waals surface area (Å²) >= 11 is 0. The minimum Gasteiger partial charge on any atom is -0.313 e. The molecule has 0 radical (unpaired) electrons. The number of hydrogen-bond donors (Lipinski definition) is 2. The van der Waals surface area contributed by atoms with Crippen LogP contribution in [0, 0.1) is 0 Å². The Kier molecular flexibility index (Phi) is 4.21. The Morgan fingerprint density at radius 2 is 2.06 bits per heavy atom. The van der Waals surface area contributed by atoms with Crippen molar-refractivity contribution in [2.45, 2.75) is 44.2 Å². The normalized spacial score (nSPS) is 34.8.